The number of piperidine rings is 1. The van der Waals surface area contributed by atoms with Gasteiger partial charge in [0.1, 0.15) is 23.6 Å². The van der Waals surface area contributed by atoms with Crippen LogP contribution in [0.1, 0.15) is 35.7 Å². The Bertz CT molecular complexity index is 1530. The minimum atomic E-state index is 0.413. The van der Waals surface area contributed by atoms with Crippen molar-refractivity contribution in [3.05, 3.63) is 77.9 Å². The molecule has 8 heteroatoms. The first-order chi connectivity index (χ1) is 16.7. The maximum Gasteiger partial charge on any atom is 0.151 e. The monoisotopic (exact) mass is 448 g/mol. The van der Waals surface area contributed by atoms with Crippen molar-refractivity contribution in [3.8, 4) is 17.2 Å². The minimum absolute atomic E-state index is 0.413. The molecule has 1 aliphatic rings. The summed E-state index contributed by atoms with van der Waals surface area (Å²) in [5.41, 5.74) is 12.7. The van der Waals surface area contributed by atoms with Gasteiger partial charge in [-0.1, -0.05) is 36.4 Å². The van der Waals surface area contributed by atoms with E-state index >= 15 is 0 Å². The van der Waals surface area contributed by atoms with E-state index in [1.165, 1.54) is 6.33 Å². The first-order valence-corrected chi connectivity index (χ1v) is 11.5. The summed E-state index contributed by atoms with van der Waals surface area (Å²) in [4.78, 5) is 4.26. The number of benzene rings is 2. The number of nitrogen functional groups attached to an aromatic ring is 1. The van der Waals surface area contributed by atoms with Gasteiger partial charge in [-0.05, 0) is 55.3 Å². The van der Waals surface area contributed by atoms with Gasteiger partial charge in [0.15, 0.2) is 5.82 Å². The van der Waals surface area contributed by atoms with E-state index in [1.54, 1.807) is 4.68 Å². The third-order valence-electron chi connectivity index (χ3n) is 6.70. The van der Waals surface area contributed by atoms with Gasteiger partial charge in [-0.3, -0.25) is 0 Å². The molecule has 5 aromatic rings. The molecule has 1 saturated heterocycles. The fourth-order valence-corrected chi connectivity index (χ4v) is 5.01. The zero-order valence-electron chi connectivity index (χ0n) is 18.6. The highest BCUT2D eigenvalue weighted by molar-refractivity contribution is 5.94. The molecule has 0 spiro atoms. The summed E-state index contributed by atoms with van der Waals surface area (Å²) in [7, 11) is 0. The summed E-state index contributed by atoms with van der Waals surface area (Å²) in [6.07, 6.45) is 3.64. The summed E-state index contributed by atoms with van der Waals surface area (Å²) < 4.78 is 3.73. The first-order valence-electron chi connectivity index (χ1n) is 11.5. The van der Waals surface area contributed by atoms with Crippen molar-refractivity contribution in [1.82, 2.24) is 29.7 Å². The first kappa shape index (κ1) is 20.4. The number of fused-ring (bicyclic) bond motifs is 2. The lowest BCUT2D eigenvalue weighted by Gasteiger charge is -2.22. The number of nitrogens with one attached hydrogen (secondary N) is 1. The van der Waals surface area contributed by atoms with Gasteiger partial charge in [-0.15, -0.1) is 0 Å². The predicted octanol–water partition coefficient (Wildman–Crippen LogP) is 3.72. The molecule has 0 radical (unpaired) electrons. The van der Waals surface area contributed by atoms with E-state index in [9.17, 15) is 5.26 Å². The lowest BCUT2D eigenvalue weighted by Crippen LogP contribution is -2.27. The molecule has 3 aromatic heterocycles. The maximum absolute atomic E-state index is 9.84. The number of rotatable bonds is 4. The van der Waals surface area contributed by atoms with Crippen LogP contribution in [-0.4, -0.2) is 37.5 Å². The average Bonchev–Trinajstić information content (AvgIpc) is 3.43. The molecule has 8 nitrogen and oxygen atoms in total. The Labute approximate surface area is 196 Å². The zero-order valence-corrected chi connectivity index (χ0v) is 18.6. The molecule has 1 aliphatic heterocycles. The van der Waals surface area contributed by atoms with Gasteiger partial charge >= 0.3 is 0 Å². The molecule has 3 N–H and O–H groups in total. The van der Waals surface area contributed by atoms with Crippen LogP contribution in [0.3, 0.4) is 0 Å². The van der Waals surface area contributed by atoms with E-state index in [0.29, 0.717) is 24.0 Å². The molecule has 4 heterocycles. The summed E-state index contributed by atoms with van der Waals surface area (Å²) >= 11 is 0. The maximum atomic E-state index is 9.84. The third-order valence-corrected chi connectivity index (χ3v) is 6.70. The highest BCUT2D eigenvalue weighted by atomic mass is 15.3. The van der Waals surface area contributed by atoms with Crippen molar-refractivity contribution in [2.45, 2.75) is 25.3 Å². The molecule has 0 saturated carbocycles. The Kier molecular flexibility index (Phi) is 4.97. The van der Waals surface area contributed by atoms with E-state index < -0.39 is 0 Å². The second-order valence-corrected chi connectivity index (χ2v) is 8.75. The second kappa shape index (κ2) is 8.28. The fraction of sp³-hybridized carbons (Fsp3) is 0.231. The number of nitrogens with two attached hydrogens (primary N) is 1. The highest BCUT2D eigenvalue weighted by Gasteiger charge is 2.23. The fourth-order valence-electron chi connectivity index (χ4n) is 5.01. The van der Waals surface area contributed by atoms with Gasteiger partial charge in [0.25, 0.3) is 0 Å². The van der Waals surface area contributed by atoms with Crippen LogP contribution >= 0.6 is 0 Å². The van der Waals surface area contributed by atoms with Gasteiger partial charge in [0.2, 0.25) is 0 Å². The highest BCUT2D eigenvalue weighted by Crippen LogP contribution is 2.36. The van der Waals surface area contributed by atoms with E-state index in [4.69, 9.17) is 10.8 Å². The molecule has 1 fully saturated rings. The summed E-state index contributed by atoms with van der Waals surface area (Å²) in [6.45, 7) is 2.54. The quantitative estimate of drug-likeness (QED) is 0.434. The lowest BCUT2D eigenvalue weighted by molar-refractivity contribution is 0.448. The van der Waals surface area contributed by atoms with E-state index in [2.05, 4.69) is 27.5 Å². The predicted molar refractivity (Wildman–Crippen MR) is 131 cm³/mol. The molecule has 0 atom stereocenters. The molecule has 0 aliphatic carbocycles. The molecule has 0 bridgehead atoms. The summed E-state index contributed by atoms with van der Waals surface area (Å²) in [5.74, 6) is 0.869. The van der Waals surface area contributed by atoms with Crippen molar-refractivity contribution in [3.63, 3.8) is 0 Å². The summed E-state index contributed by atoms with van der Waals surface area (Å²) in [5, 5.41) is 23.4. The number of hydrogen-bond donors (Lipinski definition) is 2. The Hall–Kier alpha value is -4.22. The number of aromatic nitrogens is 5. The van der Waals surface area contributed by atoms with Crippen molar-refractivity contribution in [2.24, 2.45) is 0 Å². The van der Waals surface area contributed by atoms with E-state index in [-0.39, 0.29) is 0 Å². The molecule has 0 unspecified atom stereocenters. The Morgan fingerprint density at radius 3 is 2.71 bits per heavy atom. The van der Waals surface area contributed by atoms with Crippen molar-refractivity contribution in [1.29, 1.82) is 5.26 Å². The number of nitrogens with zero attached hydrogens (tertiary/aromatic N) is 6. The second-order valence-electron chi connectivity index (χ2n) is 8.75. The zero-order chi connectivity index (χ0) is 23.1. The number of anilines is 1. The molecular formula is C26H24N8. The molecule has 2 aromatic carbocycles. The largest absolute Gasteiger partial charge is 0.382 e. The van der Waals surface area contributed by atoms with Gasteiger partial charge in [0.05, 0.1) is 12.1 Å². The molecular weight excluding hydrogens is 424 g/mol. The molecule has 34 heavy (non-hydrogen) atoms. The Morgan fingerprint density at radius 2 is 1.91 bits per heavy atom. The summed E-state index contributed by atoms with van der Waals surface area (Å²) in [6, 6.07) is 20.6. The van der Waals surface area contributed by atoms with E-state index in [1.807, 2.05) is 53.0 Å². The van der Waals surface area contributed by atoms with Crippen LogP contribution in [0, 0.1) is 11.3 Å². The normalized spacial score (nSPS) is 14.6. The van der Waals surface area contributed by atoms with Crippen LogP contribution in [0.25, 0.3) is 27.5 Å². The van der Waals surface area contributed by atoms with Crippen molar-refractivity contribution < 1.29 is 0 Å². The van der Waals surface area contributed by atoms with Crippen LogP contribution in [0.5, 0.6) is 0 Å². The Balaban J connectivity index is 1.48. The number of nitriles is 1. The van der Waals surface area contributed by atoms with Crippen LogP contribution in [0.15, 0.2) is 60.9 Å². The molecule has 6 rings (SSSR count). The van der Waals surface area contributed by atoms with Gasteiger partial charge in [0, 0.05) is 22.6 Å². The smallest absolute Gasteiger partial charge is 0.151 e. The minimum Gasteiger partial charge on any atom is -0.382 e. The average molecular weight is 449 g/mol. The van der Waals surface area contributed by atoms with Crippen LogP contribution in [0.2, 0.25) is 0 Å². The number of hydrogen-bond acceptors (Lipinski definition) is 6. The Morgan fingerprint density at radius 1 is 1.09 bits per heavy atom. The standard InChI is InChI=1S/C26H24N8/c27-14-24-20-7-6-19(12-22(20)32-33(24)15-17-4-2-1-3-5-17)21-13-23(18-8-10-29-11-9-18)34-25(21)26(28)30-16-31-34/h1-7,12-13,16,18,29H,8-11,15H2,(H2,28,30,31). The van der Waals surface area contributed by atoms with Crippen LogP contribution in [-0.2, 0) is 6.54 Å². The van der Waals surface area contributed by atoms with Gasteiger partial charge < -0.3 is 11.1 Å². The van der Waals surface area contributed by atoms with Crippen molar-refractivity contribution in [2.75, 3.05) is 18.8 Å². The van der Waals surface area contributed by atoms with Crippen LogP contribution < -0.4 is 11.1 Å². The topological polar surface area (TPSA) is 110 Å². The van der Waals surface area contributed by atoms with E-state index in [0.717, 1.165) is 64.7 Å². The van der Waals surface area contributed by atoms with Crippen molar-refractivity contribution >= 4 is 22.2 Å². The SMILES string of the molecule is N#Cc1c2ccc(-c3cc(C4CCNCC4)n4ncnc(N)c34)cc2nn1Cc1ccccc1. The molecule has 168 valence electrons. The van der Waals surface area contributed by atoms with Crippen LogP contribution in [0.4, 0.5) is 5.82 Å². The molecule has 0 amide bonds. The third kappa shape index (κ3) is 3.38. The lowest BCUT2D eigenvalue weighted by atomic mass is 9.94. The van der Waals surface area contributed by atoms with Gasteiger partial charge in [-0.2, -0.15) is 15.5 Å². The van der Waals surface area contributed by atoms with Gasteiger partial charge in [-0.25, -0.2) is 14.2 Å².